The minimum atomic E-state index is -2.83. The summed E-state index contributed by atoms with van der Waals surface area (Å²) < 4.78 is 22.6. The van der Waals surface area contributed by atoms with Gasteiger partial charge in [0.25, 0.3) is 0 Å². The van der Waals surface area contributed by atoms with E-state index in [0.717, 1.165) is 5.69 Å². The van der Waals surface area contributed by atoms with Crippen LogP contribution in [0.15, 0.2) is 18.2 Å². The molecule has 0 bridgehead atoms. The first-order valence-electron chi connectivity index (χ1n) is 5.74. The summed E-state index contributed by atoms with van der Waals surface area (Å²) >= 11 is 0. The molecule has 6 heteroatoms. The van der Waals surface area contributed by atoms with Gasteiger partial charge in [0.2, 0.25) is 0 Å². The topological polar surface area (TPSA) is 96.0 Å². The number of hydrogen-bond acceptors (Lipinski definition) is 5. The predicted molar refractivity (Wildman–Crippen MR) is 70.8 cm³/mol. The van der Waals surface area contributed by atoms with Gasteiger partial charge in [-0.15, -0.1) is 0 Å². The largest absolute Gasteiger partial charge is 0.397 e. The molecule has 96 valence electrons. The molecule has 1 heterocycles. The minimum Gasteiger partial charge on any atom is -0.397 e. The molecule has 1 unspecified atom stereocenters. The molecule has 0 saturated carbocycles. The van der Waals surface area contributed by atoms with Crippen molar-refractivity contribution < 1.29 is 8.42 Å². The maximum atomic E-state index is 11.3. The third-order valence-electron chi connectivity index (χ3n) is 3.09. The Kier molecular flexibility index (Phi) is 3.43. The fourth-order valence-electron chi connectivity index (χ4n) is 2.08. The molecule has 0 aliphatic carbocycles. The smallest absolute Gasteiger partial charge is 0.150 e. The molecule has 1 fully saturated rings. The van der Waals surface area contributed by atoms with Gasteiger partial charge in [-0.25, -0.2) is 8.42 Å². The third kappa shape index (κ3) is 2.93. The molecule has 2 rings (SSSR count). The lowest BCUT2D eigenvalue weighted by Gasteiger charge is -2.12. The maximum absolute atomic E-state index is 11.3. The fourth-order valence-corrected chi connectivity index (χ4v) is 3.94. The van der Waals surface area contributed by atoms with Gasteiger partial charge in [0.05, 0.1) is 34.5 Å². The Labute approximate surface area is 107 Å². The SMILES string of the molecule is N#Cc1ccc(NCC2CCS(=O)(=O)C2)c(N)c1. The standard InChI is InChI=1S/C12H15N3O2S/c13-6-9-1-2-12(11(14)5-9)15-7-10-3-4-18(16,17)8-10/h1-2,5,10,15H,3-4,7-8,14H2. The number of rotatable bonds is 3. The molecule has 1 aromatic carbocycles. The summed E-state index contributed by atoms with van der Waals surface area (Å²) in [5, 5.41) is 11.9. The van der Waals surface area contributed by atoms with E-state index >= 15 is 0 Å². The van der Waals surface area contributed by atoms with E-state index < -0.39 is 9.84 Å². The van der Waals surface area contributed by atoms with Crippen LogP contribution in [0.1, 0.15) is 12.0 Å². The summed E-state index contributed by atoms with van der Waals surface area (Å²) in [4.78, 5) is 0. The van der Waals surface area contributed by atoms with Crippen molar-refractivity contribution in [3.63, 3.8) is 0 Å². The van der Waals surface area contributed by atoms with Crippen LogP contribution in [-0.2, 0) is 9.84 Å². The Bertz CT molecular complexity index is 590. The first-order valence-corrected chi connectivity index (χ1v) is 7.56. The normalized spacial score (nSPS) is 21.4. The zero-order valence-corrected chi connectivity index (χ0v) is 10.7. The summed E-state index contributed by atoms with van der Waals surface area (Å²) in [5.74, 6) is 0.670. The first-order chi connectivity index (χ1) is 8.50. The summed E-state index contributed by atoms with van der Waals surface area (Å²) in [6.45, 7) is 0.593. The van der Waals surface area contributed by atoms with Crippen molar-refractivity contribution in [2.24, 2.45) is 5.92 Å². The molecule has 0 radical (unpaired) electrons. The molecule has 3 N–H and O–H groups in total. The van der Waals surface area contributed by atoms with Crippen LogP contribution in [-0.4, -0.2) is 26.5 Å². The van der Waals surface area contributed by atoms with Gasteiger partial charge in [0.1, 0.15) is 0 Å². The van der Waals surface area contributed by atoms with Gasteiger partial charge in [-0.05, 0) is 30.5 Å². The Morgan fingerprint density at radius 1 is 1.50 bits per heavy atom. The van der Waals surface area contributed by atoms with Crippen molar-refractivity contribution in [3.05, 3.63) is 23.8 Å². The number of hydrogen-bond donors (Lipinski definition) is 2. The number of nitrogens with one attached hydrogen (secondary N) is 1. The molecule has 0 spiro atoms. The first kappa shape index (κ1) is 12.7. The van der Waals surface area contributed by atoms with Gasteiger partial charge < -0.3 is 11.1 Å². The van der Waals surface area contributed by atoms with E-state index in [4.69, 9.17) is 11.0 Å². The van der Waals surface area contributed by atoms with Crippen molar-refractivity contribution in [1.29, 1.82) is 5.26 Å². The average Bonchev–Trinajstić information content (AvgIpc) is 2.67. The quantitative estimate of drug-likeness (QED) is 0.794. The minimum absolute atomic E-state index is 0.144. The molecule has 0 amide bonds. The molecule has 18 heavy (non-hydrogen) atoms. The lowest BCUT2D eigenvalue weighted by Crippen LogP contribution is -2.16. The van der Waals surface area contributed by atoms with E-state index in [2.05, 4.69) is 5.32 Å². The van der Waals surface area contributed by atoms with Crippen LogP contribution in [0.2, 0.25) is 0 Å². The third-order valence-corrected chi connectivity index (χ3v) is 4.93. The van der Waals surface area contributed by atoms with Crippen LogP contribution in [0.5, 0.6) is 0 Å². The van der Waals surface area contributed by atoms with Gasteiger partial charge >= 0.3 is 0 Å². The van der Waals surface area contributed by atoms with Crippen LogP contribution < -0.4 is 11.1 Å². The number of nitrogens with two attached hydrogens (primary N) is 1. The number of anilines is 2. The highest BCUT2D eigenvalue weighted by atomic mass is 32.2. The summed E-state index contributed by atoms with van der Waals surface area (Å²) in [6, 6.07) is 7.05. The van der Waals surface area contributed by atoms with Gasteiger partial charge in [0, 0.05) is 6.54 Å². The van der Waals surface area contributed by atoms with Gasteiger partial charge in [-0.1, -0.05) is 0 Å². The highest BCUT2D eigenvalue weighted by Gasteiger charge is 2.27. The van der Waals surface area contributed by atoms with Gasteiger partial charge in [-0.2, -0.15) is 5.26 Å². The Morgan fingerprint density at radius 2 is 2.28 bits per heavy atom. The molecule has 1 aliphatic rings. The average molecular weight is 265 g/mol. The highest BCUT2D eigenvalue weighted by Crippen LogP contribution is 2.23. The van der Waals surface area contributed by atoms with Crippen LogP contribution in [0.3, 0.4) is 0 Å². The van der Waals surface area contributed by atoms with Gasteiger partial charge in [0.15, 0.2) is 9.84 Å². The summed E-state index contributed by atoms with van der Waals surface area (Å²) in [6.07, 6.45) is 0.700. The fraction of sp³-hybridized carbons (Fsp3) is 0.417. The lowest BCUT2D eigenvalue weighted by molar-refractivity contribution is 0.596. The number of benzene rings is 1. The molecule has 1 aromatic rings. The van der Waals surface area contributed by atoms with E-state index in [0.29, 0.717) is 24.2 Å². The summed E-state index contributed by atoms with van der Waals surface area (Å²) in [7, 11) is -2.83. The number of sulfone groups is 1. The van der Waals surface area contributed by atoms with Crippen molar-refractivity contribution in [1.82, 2.24) is 0 Å². The molecule has 1 atom stereocenters. The number of nitrogens with zero attached hydrogens (tertiary/aromatic N) is 1. The highest BCUT2D eigenvalue weighted by molar-refractivity contribution is 7.91. The van der Waals surface area contributed by atoms with Crippen LogP contribution in [0, 0.1) is 17.2 Å². The van der Waals surface area contributed by atoms with Crippen molar-refractivity contribution in [3.8, 4) is 6.07 Å². The Hall–Kier alpha value is -1.74. The zero-order valence-electron chi connectivity index (χ0n) is 9.89. The summed E-state index contributed by atoms with van der Waals surface area (Å²) in [5.41, 5.74) is 7.58. The number of nitrogen functional groups attached to an aromatic ring is 1. The van der Waals surface area contributed by atoms with E-state index in [9.17, 15) is 8.42 Å². The molecular weight excluding hydrogens is 250 g/mol. The second-order valence-corrected chi connectivity index (χ2v) is 6.79. The van der Waals surface area contributed by atoms with E-state index in [1.165, 1.54) is 0 Å². The maximum Gasteiger partial charge on any atom is 0.150 e. The number of nitriles is 1. The second-order valence-electron chi connectivity index (χ2n) is 4.56. The molecule has 1 aliphatic heterocycles. The van der Waals surface area contributed by atoms with Crippen molar-refractivity contribution in [2.75, 3.05) is 29.1 Å². The molecular formula is C12H15N3O2S. The van der Waals surface area contributed by atoms with Crippen LogP contribution >= 0.6 is 0 Å². The van der Waals surface area contributed by atoms with Crippen molar-refractivity contribution in [2.45, 2.75) is 6.42 Å². The molecule has 0 aromatic heterocycles. The molecule has 5 nitrogen and oxygen atoms in total. The van der Waals surface area contributed by atoms with E-state index in [-0.39, 0.29) is 17.4 Å². The Balaban J connectivity index is 1.97. The van der Waals surface area contributed by atoms with Gasteiger partial charge in [-0.3, -0.25) is 0 Å². The van der Waals surface area contributed by atoms with Crippen LogP contribution in [0.4, 0.5) is 11.4 Å². The Morgan fingerprint density at radius 3 is 2.83 bits per heavy atom. The van der Waals surface area contributed by atoms with Crippen LogP contribution in [0.25, 0.3) is 0 Å². The zero-order chi connectivity index (χ0) is 13.2. The monoisotopic (exact) mass is 265 g/mol. The van der Waals surface area contributed by atoms with Crippen molar-refractivity contribution >= 4 is 21.2 Å². The second kappa shape index (κ2) is 4.86. The molecule has 1 saturated heterocycles. The lowest BCUT2D eigenvalue weighted by atomic mass is 10.1. The predicted octanol–water partition coefficient (Wildman–Crippen LogP) is 0.987. The van der Waals surface area contributed by atoms with E-state index in [1.807, 2.05) is 6.07 Å². The van der Waals surface area contributed by atoms with E-state index in [1.54, 1.807) is 18.2 Å².